The van der Waals surface area contributed by atoms with Crippen LogP contribution in [0, 0.1) is 21.7 Å². The molecule has 0 spiro atoms. The molecule has 0 fully saturated rings. The van der Waals surface area contributed by atoms with Gasteiger partial charge in [0.1, 0.15) is 17.2 Å². The van der Waals surface area contributed by atoms with E-state index in [0.29, 0.717) is 71.0 Å². The molecule has 12 nitrogen and oxygen atoms in total. The van der Waals surface area contributed by atoms with Gasteiger partial charge < -0.3 is 26.0 Å². The first-order valence-electron chi connectivity index (χ1n) is 20.8. The minimum atomic E-state index is -0.438. The Labute approximate surface area is 347 Å². The van der Waals surface area contributed by atoms with Crippen molar-refractivity contribution in [2.75, 3.05) is 19.6 Å². The summed E-state index contributed by atoms with van der Waals surface area (Å²) in [6.45, 7) is 36.9. The molecule has 0 unspecified atom stereocenters. The second-order valence-electron chi connectivity index (χ2n) is 21.7. The van der Waals surface area contributed by atoms with Crippen LogP contribution in [-0.4, -0.2) is 71.9 Å². The summed E-state index contributed by atoms with van der Waals surface area (Å²) in [6, 6.07) is 0. The predicted octanol–water partition coefficient (Wildman–Crippen LogP) is 8.18. The van der Waals surface area contributed by atoms with Gasteiger partial charge in [0.05, 0.1) is 0 Å². The van der Waals surface area contributed by atoms with Gasteiger partial charge in [0, 0.05) is 82.0 Å². The van der Waals surface area contributed by atoms with Crippen molar-refractivity contribution in [2.45, 2.75) is 206 Å². The second kappa shape index (κ2) is 26.6. The van der Waals surface area contributed by atoms with Crippen LogP contribution in [0.1, 0.15) is 195 Å². The summed E-state index contributed by atoms with van der Waals surface area (Å²) in [4.78, 5) is 80.9. The standard InChI is InChI=1S/C17H32N2O3.C14H27NO3.C14H27NO2/c1-16(2,3)12-15(22)18-11-7-8-13(20)9-10-14(21)19-17(4,5)6;1-13(2,3)10-11(16)15-9-7-8-12(17)18-14(4,5)6;1-13(2,3)10-12(17)15-9-7-8-11(16)14(4,5)6/h7-12H2,1-6H3,(H,18,22)(H,19,21);7-10H2,1-6H3,(H,15,16);7-10H2,1-6H3,(H,15,17). The van der Waals surface area contributed by atoms with Crippen molar-refractivity contribution in [3.63, 3.8) is 0 Å². The minimum absolute atomic E-state index is 0.00471. The SMILES string of the molecule is CC(C)(C)CC(=O)NCCCC(=O)C(C)(C)C.CC(C)(C)CC(=O)NCCCC(=O)CCC(=O)NC(C)(C)C.CC(C)(C)CC(=O)NCCCC(=O)OC(C)(C)C. The molecule has 0 aliphatic heterocycles. The van der Waals surface area contributed by atoms with E-state index in [4.69, 9.17) is 4.74 Å². The number of carbonyl (C=O) groups is 7. The molecule has 0 heterocycles. The molecule has 0 rings (SSSR count). The fourth-order valence-electron chi connectivity index (χ4n) is 4.71. The van der Waals surface area contributed by atoms with Crippen molar-refractivity contribution < 1.29 is 38.3 Å². The fourth-order valence-corrected chi connectivity index (χ4v) is 4.71. The Bertz CT molecular complexity index is 1220. The maximum Gasteiger partial charge on any atom is 0.306 e. The van der Waals surface area contributed by atoms with Crippen LogP contribution in [0.3, 0.4) is 0 Å². The van der Waals surface area contributed by atoms with Crippen molar-refractivity contribution in [1.29, 1.82) is 0 Å². The normalized spacial score (nSPS) is 12.1. The van der Waals surface area contributed by atoms with Crippen LogP contribution in [0.4, 0.5) is 0 Å². The Kier molecular flexibility index (Phi) is 27.1. The average Bonchev–Trinajstić information content (AvgIpc) is 2.94. The van der Waals surface area contributed by atoms with Crippen molar-refractivity contribution in [3.05, 3.63) is 0 Å². The van der Waals surface area contributed by atoms with Gasteiger partial charge in [-0.3, -0.25) is 33.6 Å². The number of Topliss-reactive ketones (excluding diaryl/α,β-unsaturated/α-hetero) is 2. The highest BCUT2D eigenvalue weighted by Crippen LogP contribution is 2.20. The van der Waals surface area contributed by atoms with Crippen molar-refractivity contribution in [1.82, 2.24) is 21.3 Å². The summed E-state index contributed by atoms with van der Waals surface area (Å²) in [7, 11) is 0. The Hall–Kier alpha value is -3.31. The van der Waals surface area contributed by atoms with Gasteiger partial charge >= 0.3 is 5.97 Å². The summed E-state index contributed by atoms with van der Waals surface area (Å²) >= 11 is 0. The lowest BCUT2D eigenvalue weighted by molar-refractivity contribution is -0.155. The van der Waals surface area contributed by atoms with Crippen molar-refractivity contribution in [2.24, 2.45) is 21.7 Å². The number of nitrogens with one attached hydrogen (secondary N) is 4. The van der Waals surface area contributed by atoms with Gasteiger partial charge in [-0.05, 0) is 77.0 Å². The van der Waals surface area contributed by atoms with Gasteiger partial charge in [-0.25, -0.2) is 0 Å². The van der Waals surface area contributed by atoms with E-state index in [1.807, 2.05) is 125 Å². The third kappa shape index (κ3) is 47.0. The van der Waals surface area contributed by atoms with Crippen LogP contribution in [-0.2, 0) is 38.3 Å². The Morgan fingerprint density at radius 2 is 0.772 bits per heavy atom. The van der Waals surface area contributed by atoms with Gasteiger partial charge in [0.15, 0.2) is 0 Å². The third-order valence-electron chi connectivity index (χ3n) is 7.21. The maximum atomic E-state index is 11.7. The van der Waals surface area contributed by atoms with Crippen molar-refractivity contribution in [3.8, 4) is 0 Å². The molecule has 0 saturated carbocycles. The number of ketones is 2. The molecule has 0 radical (unpaired) electrons. The van der Waals surface area contributed by atoms with Crippen LogP contribution in [0.2, 0.25) is 0 Å². The summed E-state index contributed by atoms with van der Waals surface area (Å²) in [5, 5.41) is 11.3. The van der Waals surface area contributed by atoms with E-state index in [2.05, 4.69) is 21.3 Å². The first kappa shape index (κ1) is 58.0. The highest BCUT2D eigenvalue weighted by atomic mass is 16.6. The number of amides is 4. The fraction of sp³-hybridized carbons (Fsp3) is 0.844. The van der Waals surface area contributed by atoms with Crippen LogP contribution < -0.4 is 21.3 Å². The molecule has 57 heavy (non-hydrogen) atoms. The molecule has 0 saturated heterocycles. The number of rotatable bonds is 18. The van der Waals surface area contributed by atoms with Crippen LogP contribution in [0.25, 0.3) is 0 Å². The van der Waals surface area contributed by atoms with Crippen LogP contribution >= 0.6 is 0 Å². The molecule has 4 N–H and O–H groups in total. The van der Waals surface area contributed by atoms with E-state index < -0.39 is 5.60 Å². The lowest BCUT2D eigenvalue weighted by atomic mass is 9.88. The van der Waals surface area contributed by atoms with E-state index in [-0.39, 0.29) is 81.2 Å². The zero-order valence-corrected chi connectivity index (χ0v) is 39.7. The molecular weight excluding hydrogens is 725 g/mol. The largest absolute Gasteiger partial charge is 0.460 e. The molecule has 334 valence electrons. The number of hydrogen-bond donors (Lipinski definition) is 4. The van der Waals surface area contributed by atoms with E-state index in [1.165, 1.54) is 0 Å². The van der Waals surface area contributed by atoms with Gasteiger partial charge in [0.25, 0.3) is 0 Å². The molecule has 4 amide bonds. The van der Waals surface area contributed by atoms with Gasteiger partial charge in [-0.1, -0.05) is 83.1 Å². The molecule has 0 aromatic rings. The zero-order chi connectivity index (χ0) is 45.5. The Morgan fingerprint density at radius 1 is 0.421 bits per heavy atom. The number of hydrogen-bond acceptors (Lipinski definition) is 8. The smallest absolute Gasteiger partial charge is 0.306 e. The van der Waals surface area contributed by atoms with Gasteiger partial charge in [-0.15, -0.1) is 0 Å². The topological polar surface area (TPSA) is 177 Å². The van der Waals surface area contributed by atoms with E-state index in [0.717, 1.165) is 6.42 Å². The monoisotopic (exact) mass is 811 g/mol. The number of carbonyl (C=O) groups excluding carboxylic acids is 7. The van der Waals surface area contributed by atoms with Crippen LogP contribution in [0.5, 0.6) is 0 Å². The Morgan fingerprint density at radius 3 is 1.09 bits per heavy atom. The molecule has 0 atom stereocenters. The van der Waals surface area contributed by atoms with Crippen molar-refractivity contribution >= 4 is 41.2 Å². The Balaban J connectivity index is -0.000000775. The molecule has 0 bridgehead atoms. The van der Waals surface area contributed by atoms with Gasteiger partial charge in [-0.2, -0.15) is 0 Å². The first-order chi connectivity index (χ1) is 25.4. The highest BCUT2D eigenvalue weighted by molar-refractivity contribution is 5.85. The van der Waals surface area contributed by atoms with E-state index in [9.17, 15) is 33.6 Å². The van der Waals surface area contributed by atoms with Gasteiger partial charge in [0.2, 0.25) is 23.6 Å². The first-order valence-corrected chi connectivity index (χ1v) is 20.8. The lowest BCUT2D eigenvalue weighted by Crippen LogP contribution is -2.40. The number of esters is 1. The summed E-state index contributed by atoms with van der Waals surface area (Å²) in [5.74, 6) is 0.125. The summed E-state index contributed by atoms with van der Waals surface area (Å²) in [6.07, 6.45) is 5.25. The summed E-state index contributed by atoms with van der Waals surface area (Å²) in [5.41, 5.74) is -0.986. The van der Waals surface area contributed by atoms with E-state index >= 15 is 0 Å². The highest BCUT2D eigenvalue weighted by Gasteiger charge is 2.21. The second-order valence-corrected chi connectivity index (χ2v) is 21.7. The van der Waals surface area contributed by atoms with E-state index in [1.54, 1.807) is 0 Å². The molecule has 0 aromatic carbocycles. The number of ether oxygens (including phenoxy) is 1. The maximum absolute atomic E-state index is 11.7. The quantitative estimate of drug-likeness (QED) is 0.0792. The summed E-state index contributed by atoms with van der Waals surface area (Å²) < 4.78 is 5.17. The third-order valence-corrected chi connectivity index (χ3v) is 7.21. The average molecular weight is 811 g/mol. The molecule has 12 heteroatoms. The molecule has 0 aliphatic rings. The minimum Gasteiger partial charge on any atom is -0.460 e. The molecule has 0 aliphatic carbocycles. The lowest BCUT2D eigenvalue weighted by Gasteiger charge is -2.20. The zero-order valence-electron chi connectivity index (χ0n) is 39.7. The molecule has 0 aromatic heterocycles. The predicted molar refractivity (Wildman–Crippen MR) is 231 cm³/mol. The van der Waals surface area contributed by atoms with Crippen LogP contribution in [0.15, 0.2) is 0 Å². The molecular formula is C45H86N4O8.